The van der Waals surface area contributed by atoms with Crippen LogP contribution in [0.15, 0.2) is 42.5 Å². The number of anilines is 1. The summed E-state index contributed by atoms with van der Waals surface area (Å²) in [4.78, 5) is 25.7. The van der Waals surface area contributed by atoms with E-state index >= 15 is 0 Å². The van der Waals surface area contributed by atoms with E-state index in [1.807, 2.05) is 32.2 Å². The van der Waals surface area contributed by atoms with Crippen LogP contribution in [0.1, 0.15) is 67.6 Å². The molecule has 0 spiro atoms. The number of hydrogen-bond donors (Lipinski definition) is 1. The number of halogens is 1. The molecular weight excluding hydrogens is 742 g/mol. The predicted octanol–water partition coefficient (Wildman–Crippen LogP) is 5.19. The third-order valence-electron chi connectivity index (χ3n) is 12.5. The number of sulfonamides is 1. The van der Waals surface area contributed by atoms with Crippen LogP contribution in [0.5, 0.6) is 5.75 Å². The number of hydrogen-bond acceptors (Lipinski definition) is 11. The monoisotopic (exact) mass is 801 g/mol. The lowest BCUT2D eigenvalue weighted by atomic mass is 9.63. The predicted molar refractivity (Wildman–Crippen MR) is 215 cm³/mol. The number of allylic oxidation sites excluding steroid dienone is 1. The fraction of sp³-hybridized carbons (Fsp3) is 0.659. The van der Waals surface area contributed by atoms with Crippen LogP contribution in [0.2, 0.25) is 5.02 Å². The topological polar surface area (TPSA) is 123 Å². The molecule has 0 radical (unpaired) electrons. The molecule has 4 heterocycles. The molecular formula is C41H60ClN5O7S. The molecule has 2 fully saturated rings. The number of fused-ring (bicyclic) bond motifs is 3. The normalized spacial score (nSPS) is 28.9. The molecule has 5 atom stereocenters. The van der Waals surface area contributed by atoms with E-state index in [1.54, 1.807) is 33.3 Å². The molecule has 1 N–H and O–H groups in total. The van der Waals surface area contributed by atoms with Gasteiger partial charge in [0, 0.05) is 72.2 Å². The summed E-state index contributed by atoms with van der Waals surface area (Å²) >= 11 is 6.40. The first-order valence-electron chi connectivity index (χ1n) is 19.9. The number of nitrogens with one attached hydrogen (secondary N) is 1. The highest BCUT2D eigenvalue weighted by atomic mass is 35.5. The fourth-order valence-corrected chi connectivity index (χ4v) is 10.2. The number of aryl methyl sites for hydroxylation is 1. The summed E-state index contributed by atoms with van der Waals surface area (Å²) in [5.74, 6) is 0.609. The largest absolute Gasteiger partial charge is 0.485 e. The van der Waals surface area contributed by atoms with Crippen LogP contribution in [0.25, 0.3) is 0 Å². The maximum absolute atomic E-state index is 13.6. The van der Waals surface area contributed by atoms with Crippen molar-refractivity contribution in [2.45, 2.75) is 75.9 Å². The van der Waals surface area contributed by atoms with Crippen molar-refractivity contribution in [2.75, 3.05) is 85.3 Å². The Balaban J connectivity index is 1.34. The van der Waals surface area contributed by atoms with Crippen molar-refractivity contribution in [1.29, 1.82) is 0 Å². The zero-order valence-corrected chi connectivity index (χ0v) is 34.7. The fourth-order valence-electron chi connectivity index (χ4n) is 8.75. The molecule has 1 amide bonds. The molecule has 2 aromatic rings. The molecule has 1 aromatic carbocycles. The molecule has 3 aliphatic heterocycles. The number of nitrogens with zero attached hydrogens (tertiary/aromatic N) is 4. The zero-order valence-electron chi connectivity index (χ0n) is 33.2. The van der Waals surface area contributed by atoms with Gasteiger partial charge in [-0.2, -0.15) is 0 Å². The van der Waals surface area contributed by atoms with Gasteiger partial charge < -0.3 is 23.8 Å². The first-order chi connectivity index (χ1) is 26.5. The number of carbonyl (C=O) groups is 1. The molecule has 6 rings (SSSR count). The van der Waals surface area contributed by atoms with Crippen LogP contribution >= 0.6 is 11.6 Å². The van der Waals surface area contributed by atoms with Crippen LogP contribution < -0.4 is 14.4 Å². The van der Waals surface area contributed by atoms with E-state index in [0.29, 0.717) is 55.9 Å². The summed E-state index contributed by atoms with van der Waals surface area (Å²) in [5, 5.41) is -0.123. The van der Waals surface area contributed by atoms with Crippen molar-refractivity contribution < 1.29 is 32.2 Å². The van der Waals surface area contributed by atoms with Crippen LogP contribution in [0, 0.1) is 17.8 Å². The molecule has 2 bridgehead atoms. The quantitative estimate of drug-likeness (QED) is 0.355. The van der Waals surface area contributed by atoms with E-state index in [0.717, 1.165) is 76.0 Å². The highest BCUT2D eigenvalue weighted by molar-refractivity contribution is 7.90. The number of pyridine rings is 1. The van der Waals surface area contributed by atoms with E-state index in [4.69, 9.17) is 35.5 Å². The Morgan fingerprint density at radius 3 is 2.45 bits per heavy atom. The minimum Gasteiger partial charge on any atom is -0.485 e. The van der Waals surface area contributed by atoms with Crippen LogP contribution in [-0.4, -0.2) is 126 Å². The standard InChI is InChI=1S/C41H60ClN5O7S/c1-29-9-8-17-41(53-5,28-45-19-21-46(22-20-45)35(26-51-3)27-52-4)36-14-12-32(36)24-47-18-7-6-10-31-23-34(42)13-11-33(31)25-54-38-16-15-37(43-39(38)47)40(48)44-55(49,50)30(29)2/h8,11,13,15-17,23,29-30,32,35-36H,6-7,9-10,12,14,18-22,24-28H2,1-5H3,(H,44,48)/b17-8+/t29-,30+,32-,36?,41+/m0/s1. The summed E-state index contributed by atoms with van der Waals surface area (Å²) < 4.78 is 53.7. The van der Waals surface area contributed by atoms with Gasteiger partial charge in [0.05, 0.1) is 24.5 Å². The van der Waals surface area contributed by atoms with Crippen molar-refractivity contribution >= 4 is 33.3 Å². The number of ether oxygens (including phenoxy) is 4. The van der Waals surface area contributed by atoms with Gasteiger partial charge in [-0.1, -0.05) is 36.7 Å². The Labute approximate surface area is 332 Å². The minimum atomic E-state index is -4.01. The molecule has 304 valence electrons. The van der Waals surface area contributed by atoms with Crippen LogP contribution in [0.4, 0.5) is 5.82 Å². The molecule has 1 saturated carbocycles. The number of benzene rings is 1. The second-order valence-corrected chi connectivity index (χ2v) is 18.4. The lowest BCUT2D eigenvalue weighted by Crippen LogP contribution is -2.60. The Hall–Kier alpha value is -2.78. The van der Waals surface area contributed by atoms with Crippen molar-refractivity contribution in [2.24, 2.45) is 17.8 Å². The first kappa shape index (κ1) is 41.8. The summed E-state index contributed by atoms with van der Waals surface area (Å²) in [6.07, 6.45) is 9.60. The second-order valence-electron chi connectivity index (χ2n) is 15.9. The number of methoxy groups -OCH3 is 3. The van der Waals surface area contributed by atoms with Gasteiger partial charge in [0.15, 0.2) is 11.6 Å². The molecule has 1 unspecified atom stereocenters. The summed E-state index contributed by atoms with van der Waals surface area (Å²) in [6.45, 7) is 10.9. The first-order valence-corrected chi connectivity index (χ1v) is 21.8. The SMILES string of the molecule is COCC(COC)N1CCN(C[C@]2(OC)/C=C/C[C@H](C)[C@@H](C)S(=O)(=O)NC(=O)c3ccc4c(n3)N(CCCCc3cc(Cl)ccc3CO4)C[C@@H]3CCC32)CC1. The number of aromatic nitrogens is 1. The van der Waals surface area contributed by atoms with Crippen LogP contribution in [0.3, 0.4) is 0 Å². The highest BCUT2D eigenvalue weighted by Crippen LogP contribution is 2.46. The van der Waals surface area contributed by atoms with Gasteiger partial charge in [0.2, 0.25) is 10.0 Å². The zero-order chi connectivity index (χ0) is 39.2. The third-order valence-corrected chi connectivity index (χ3v) is 14.6. The maximum atomic E-state index is 13.6. The van der Waals surface area contributed by atoms with Crippen LogP contribution in [-0.2, 0) is 37.3 Å². The highest BCUT2D eigenvalue weighted by Gasteiger charge is 2.48. The van der Waals surface area contributed by atoms with E-state index < -0.39 is 26.8 Å². The molecule has 12 nitrogen and oxygen atoms in total. The Morgan fingerprint density at radius 2 is 1.76 bits per heavy atom. The van der Waals surface area contributed by atoms with Crippen molar-refractivity contribution in [3.05, 3.63) is 64.3 Å². The van der Waals surface area contributed by atoms with E-state index in [2.05, 4.69) is 31.6 Å². The number of rotatable bonds is 8. The second kappa shape index (κ2) is 18.7. The third kappa shape index (κ3) is 9.85. The van der Waals surface area contributed by atoms with Gasteiger partial charge in [-0.15, -0.1) is 0 Å². The Morgan fingerprint density at radius 1 is 1.00 bits per heavy atom. The summed E-state index contributed by atoms with van der Waals surface area (Å²) in [5.41, 5.74) is 1.67. The molecule has 1 saturated heterocycles. The van der Waals surface area contributed by atoms with E-state index in [1.165, 1.54) is 0 Å². The van der Waals surface area contributed by atoms with E-state index in [9.17, 15) is 13.2 Å². The smallest absolute Gasteiger partial charge is 0.283 e. The van der Waals surface area contributed by atoms with Gasteiger partial charge in [-0.3, -0.25) is 14.6 Å². The molecule has 1 aliphatic carbocycles. The average Bonchev–Trinajstić information content (AvgIpc) is 3.18. The van der Waals surface area contributed by atoms with Crippen molar-refractivity contribution in [3.63, 3.8) is 0 Å². The number of amides is 1. The molecule has 1 aromatic heterocycles. The number of piperazine rings is 1. The van der Waals surface area contributed by atoms with Crippen molar-refractivity contribution in [3.8, 4) is 5.75 Å². The number of carbonyl (C=O) groups excluding carboxylic acids is 1. The minimum absolute atomic E-state index is 0.0404. The Kier molecular flexibility index (Phi) is 14.2. The summed E-state index contributed by atoms with van der Waals surface area (Å²) in [6, 6.07) is 9.42. The van der Waals surface area contributed by atoms with Gasteiger partial charge in [0.1, 0.15) is 17.9 Å². The van der Waals surface area contributed by atoms with Gasteiger partial charge >= 0.3 is 0 Å². The Bertz CT molecular complexity index is 1750. The lowest BCUT2D eigenvalue weighted by Gasteiger charge is -2.52. The lowest BCUT2D eigenvalue weighted by molar-refractivity contribution is -0.0978. The van der Waals surface area contributed by atoms with Gasteiger partial charge in [-0.25, -0.2) is 18.1 Å². The van der Waals surface area contributed by atoms with E-state index in [-0.39, 0.29) is 29.5 Å². The van der Waals surface area contributed by atoms with Gasteiger partial charge in [-0.05, 0) is 98.6 Å². The van der Waals surface area contributed by atoms with Crippen molar-refractivity contribution in [1.82, 2.24) is 19.5 Å². The maximum Gasteiger partial charge on any atom is 0.283 e. The average molecular weight is 802 g/mol. The molecule has 55 heavy (non-hydrogen) atoms. The molecule has 14 heteroatoms. The molecule has 4 aliphatic rings. The summed E-state index contributed by atoms with van der Waals surface area (Å²) in [7, 11) is 1.28. The van der Waals surface area contributed by atoms with Gasteiger partial charge in [0.25, 0.3) is 5.91 Å².